The van der Waals surface area contributed by atoms with E-state index in [9.17, 15) is 12.8 Å². The molecule has 0 spiro atoms. The van der Waals surface area contributed by atoms with Crippen molar-refractivity contribution in [3.8, 4) is 5.75 Å². The van der Waals surface area contributed by atoms with Crippen LogP contribution in [0.2, 0.25) is 0 Å². The van der Waals surface area contributed by atoms with Gasteiger partial charge in [0, 0.05) is 6.07 Å². The van der Waals surface area contributed by atoms with Crippen LogP contribution < -0.4 is 14.8 Å². The minimum atomic E-state index is -3.62. The summed E-state index contributed by atoms with van der Waals surface area (Å²) in [6, 6.07) is 7.13. The molecule has 0 aliphatic rings. The van der Waals surface area contributed by atoms with Crippen LogP contribution >= 0.6 is 0 Å². The molecule has 0 unspecified atom stereocenters. The Kier molecular flexibility index (Phi) is 4.49. The average molecular weight is 314 g/mol. The van der Waals surface area contributed by atoms with Crippen LogP contribution in [-0.4, -0.2) is 22.6 Å². The van der Waals surface area contributed by atoms with Crippen molar-refractivity contribution >= 4 is 15.7 Å². The Hall–Kier alpha value is -2.06. The minimum Gasteiger partial charge on any atom is -0.497 e. The molecule has 21 heavy (non-hydrogen) atoms. The highest BCUT2D eigenvalue weighted by Gasteiger charge is 2.16. The third kappa shape index (κ3) is 3.53. The molecule has 0 bridgehead atoms. The van der Waals surface area contributed by atoms with E-state index in [2.05, 4.69) is 10.0 Å². The van der Waals surface area contributed by atoms with E-state index in [0.29, 0.717) is 11.5 Å². The number of rotatable bonds is 6. The highest BCUT2D eigenvalue weighted by atomic mass is 32.2. The standard InChI is InChI=1S/C13H15FN2O4S/c1-15-21(17,18)13-6-4-10(20-13)8-16-12-7-9(19-2)3-5-11(12)14/h3-7,15-16H,8H2,1-2H3. The van der Waals surface area contributed by atoms with E-state index in [1.807, 2.05) is 0 Å². The summed E-state index contributed by atoms with van der Waals surface area (Å²) in [6.07, 6.45) is 0. The van der Waals surface area contributed by atoms with Crippen molar-refractivity contribution in [3.63, 3.8) is 0 Å². The quantitative estimate of drug-likeness (QED) is 0.852. The fourth-order valence-electron chi connectivity index (χ4n) is 1.65. The van der Waals surface area contributed by atoms with Crippen molar-refractivity contribution in [1.29, 1.82) is 0 Å². The maximum Gasteiger partial charge on any atom is 0.273 e. The highest BCUT2D eigenvalue weighted by molar-refractivity contribution is 7.89. The molecule has 2 N–H and O–H groups in total. The smallest absolute Gasteiger partial charge is 0.273 e. The van der Waals surface area contributed by atoms with E-state index >= 15 is 0 Å². The predicted octanol–water partition coefficient (Wildman–Crippen LogP) is 1.95. The van der Waals surface area contributed by atoms with Crippen molar-refractivity contribution in [3.05, 3.63) is 41.9 Å². The molecule has 0 saturated carbocycles. The Labute approximate surface area is 122 Å². The van der Waals surface area contributed by atoms with Crippen LogP contribution in [0.15, 0.2) is 39.8 Å². The largest absolute Gasteiger partial charge is 0.497 e. The van der Waals surface area contributed by atoms with Crippen LogP contribution in [0.1, 0.15) is 5.76 Å². The van der Waals surface area contributed by atoms with E-state index in [1.165, 1.54) is 44.5 Å². The molecule has 0 radical (unpaired) electrons. The van der Waals surface area contributed by atoms with E-state index < -0.39 is 15.8 Å². The van der Waals surface area contributed by atoms with Gasteiger partial charge in [-0.05, 0) is 31.3 Å². The topological polar surface area (TPSA) is 80.6 Å². The van der Waals surface area contributed by atoms with Crippen LogP contribution in [0.5, 0.6) is 5.75 Å². The Morgan fingerprint density at radius 1 is 1.29 bits per heavy atom. The van der Waals surface area contributed by atoms with Crippen LogP contribution in [0, 0.1) is 5.82 Å². The predicted molar refractivity (Wildman–Crippen MR) is 75.2 cm³/mol. The summed E-state index contributed by atoms with van der Waals surface area (Å²) < 4.78 is 49.0. The van der Waals surface area contributed by atoms with Crippen LogP contribution in [-0.2, 0) is 16.6 Å². The maximum atomic E-state index is 13.6. The van der Waals surface area contributed by atoms with Gasteiger partial charge in [-0.2, -0.15) is 0 Å². The molecule has 2 aromatic rings. The normalized spacial score (nSPS) is 11.4. The minimum absolute atomic E-state index is 0.142. The number of anilines is 1. The summed E-state index contributed by atoms with van der Waals surface area (Å²) in [6.45, 7) is 0.142. The molecule has 0 aliphatic heterocycles. The molecule has 0 amide bonds. The zero-order valence-electron chi connectivity index (χ0n) is 11.5. The fourth-order valence-corrected chi connectivity index (χ4v) is 2.31. The van der Waals surface area contributed by atoms with Gasteiger partial charge in [-0.3, -0.25) is 0 Å². The summed E-state index contributed by atoms with van der Waals surface area (Å²) in [4.78, 5) is 0. The Morgan fingerprint density at radius 2 is 2.05 bits per heavy atom. The third-order valence-electron chi connectivity index (χ3n) is 2.80. The number of nitrogens with one attached hydrogen (secondary N) is 2. The first-order valence-electron chi connectivity index (χ1n) is 6.06. The molecule has 1 aromatic carbocycles. The van der Waals surface area contributed by atoms with Gasteiger partial charge >= 0.3 is 0 Å². The second-order valence-corrected chi connectivity index (χ2v) is 5.95. The number of ether oxygens (including phenoxy) is 1. The second kappa shape index (κ2) is 6.15. The molecular weight excluding hydrogens is 299 g/mol. The average Bonchev–Trinajstić information content (AvgIpc) is 2.96. The number of hydrogen-bond acceptors (Lipinski definition) is 5. The summed E-state index contributed by atoms with van der Waals surface area (Å²) in [5, 5.41) is 2.64. The molecule has 6 nitrogen and oxygen atoms in total. The number of halogens is 1. The SMILES string of the molecule is CNS(=O)(=O)c1ccc(CNc2cc(OC)ccc2F)o1. The number of furan rings is 1. The van der Waals surface area contributed by atoms with Gasteiger partial charge in [-0.15, -0.1) is 0 Å². The highest BCUT2D eigenvalue weighted by Crippen LogP contribution is 2.22. The molecular formula is C13H15FN2O4S. The first-order chi connectivity index (χ1) is 9.96. The lowest BCUT2D eigenvalue weighted by molar-refractivity contribution is 0.413. The van der Waals surface area contributed by atoms with Crippen molar-refractivity contribution in [1.82, 2.24) is 4.72 Å². The summed E-state index contributed by atoms with van der Waals surface area (Å²) in [5.74, 6) is 0.438. The van der Waals surface area contributed by atoms with Gasteiger partial charge in [-0.1, -0.05) is 0 Å². The third-order valence-corrected chi connectivity index (χ3v) is 4.08. The molecule has 0 saturated heterocycles. The summed E-state index contributed by atoms with van der Waals surface area (Å²) in [5.41, 5.74) is 0.240. The monoisotopic (exact) mass is 314 g/mol. The van der Waals surface area contributed by atoms with Crippen LogP contribution in [0.25, 0.3) is 0 Å². The van der Waals surface area contributed by atoms with E-state index in [1.54, 1.807) is 0 Å². The van der Waals surface area contributed by atoms with Gasteiger partial charge in [0.05, 0.1) is 19.3 Å². The number of benzene rings is 1. The molecule has 0 aliphatic carbocycles. The lowest BCUT2D eigenvalue weighted by Crippen LogP contribution is -2.17. The first kappa shape index (κ1) is 15.3. The van der Waals surface area contributed by atoms with Gasteiger partial charge in [0.15, 0.2) is 0 Å². The van der Waals surface area contributed by atoms with Crippen molar-refractivity contribution < 1.29 is 22.0 Å². The van der Waals surface area contributed by atoms with Crippen LogP contribution in [0.3, 0.4) is 0 Å². The zero-order chi connectivity index (χ0) is 15.5. The molecule has 114 valence electrons. The molecule has 1 aromatic heterocycles. The molecule has 0 atom stereocenters. The van der Waals surface area contributed by atoms with E-state index in [-0.39, 0.29) is 17.3 Å². The lowest BCUT2D eigenvalue weighted by Gasteiger charge is -2.08. The summed E-state index contributed by atoms with van der Waals surface area (Å²) >= 11 is 0. The van der Waals surface area contributed by atoms with E-state index in [0.717, 1.165) is 0 Å². The van der Waals surface area contributed by atoms with Gasteiger partial charge in [-0.25, -0.2) is 17.5 Å². The van der Waals surface area contributed by atoms with Crippen LogP contribution in [0.4, 0.5) is 10.1 Å². The zero-order valence-corrected chi connectivity index (χ0v) is 12.3. The Balaban J connectivity index is 2.10. The molecule has 1 heterocycles. The molecule has 0 fully saturated rings. The van der Waals surface area contributed by atoms with Crippen molar-refractivity contribution in [2.75, 3.05) is 19.5 Å². The van der Waals surface area contributed by atoms with E-state index in [4.69, 9.17) is 9.15 Å². The first-order valence-corrected chi connectivity index (χ1v) is 7.54. The summed E-state index contributed by atoms with van der Waals surface area (Å²) in [7, 11) is -0.840. The maximum absolute atomic E-state index is 13.6. The fraction of sp³-hybridized carbons (Fsp3) is 0.231. The van der Waals surface area contributed by atoms with Gasteiger partial charge in [0.1, 0.15) is 17.3 Å². The number of methoxy groups -OCH3 is 1. The Morgan fingerprint density at radius 3 is 2.71 bits per heavy atom. The molecule has 2 rings (SSSR count). The van der Waals surface area contributed by atoms with Crippen molar-refractivity contribution in [2.45, 2.75) is 11.6 Å². The Bertz CT molecular complexity index is 728. The molecule has 8 heteroatoms. The van der Waals surface area contributed by atoms with Crippen molar-refractivity contribution in [2.24, 2.45) is 0 Å². The van der Waals surface area contributed by atoms with Gasteiger partial charge in [0.2, 0.25) is 5.09 Å². The number of sulfonamides is 1. The number of hydrogen-bond donors (Lipinski definition) is 2. The van der Waals surface area contributed by atoms with Gasteiger partial charge < -0.3 is 14.5 Å². The lowest BCUT2D eigenvalue weighted by atomic mass is 10.3. The van der Waals surface area contributed by atoms with Gasteiger partial charge in [0.25, 0.3) is 10.0 Å². The second-order valence-electron chi connectivity index (χ2n) is 4.13.